The highest BCUT2D eigenvalue weighted by Crippen LogP contribution is 2.27. The number of esters is 1. The van der Waals surface area contributed by atoms with Gasteiger partial charge in [0, 0.05) is 22.7 Å². The van der Waals surface area contributed by atoms with E-state index in [9.17, 15) is 19.7 Å². The van der Waals surface area contributed by atoms with Crippen molar-refractivity contribution in [3.8, 4) is 0 Å². The zero-order valence-corrected chi connectivity index (χ0v) is 15.8. The van der Waals surface area contributed by atoms with Gasteiger partial charge in [-0.2, -0.15) is 0 Å². The van der Waals surface area contributed by atoms with Crippen molar-refractivity contribution < 1.29 is 23.8 Å². The molecule has 3 aromatic rings. The molecular weight excluding hydrogens is 402 g/mol. The lowest BCUT2D eigenvalue weighted by Crippen LogP contribution is -2.26. The van der Waals surface area contributed by atoms with E-state index in [1.807, 2.05) is 0 Å². The fourth-order valence-corrected chi connectivity index (χ4v) is 2.68. The van der Waals surface area contributed by atoms with Crippen LogP contribution in [0.2, 0.25) is 5.02 Å². The van der Waals surface area contributed by atoms with Gasteiger partial charge in [-0.3, -0.25) is 14.9 Å². The van der Waals surface area contributed by atoms with Gasteiger partial charge in [0.15, 0.2) is 5.82 Å². The highest BCUT2D eigenvalue weighted by Gasteiger charge is 2.30. The Morgan fingerprint density at radius 2 is 1.93 bits per heavy atom. The quantitative estimate of drug-likeness (QED) is 0.365. The van der Waals surface area contributed by atoms with Crippen LogP contribution in [0.15, 0.2) is 59.1 Å². The van der Waals surface area contributed by atoms with Gasteiger partial charge < -0.3 is 14.6 Å². The van der Waals surface area contributed by atoms with Gasteiger partial charge in [-0.15, -0.1) is 0 Å². The summed E-state index contributed by atoms with van der Waals surface area (Å²) in [4.78, 5) is 35.9. The molecule has 3 rings (SSSR count). The van der Waals surface area contributed by atoms with Crippen LogP contribution in [0.1, 0.15) is 27.8 Å². The van der Waals surface area contributed by atoms with E-state index in [2.05, 4.69) is 10.5 Å². The van der Waals surface area contributed by atoms with Crippen LogP contribution in [0.3, 0.4) is 0 Å². The Morgan fingerprint density at radius 3 is 2.55 bits per heavy atom. The molecule has 0 radical (unpaired) electrons. The third-order valence-electron chi connectivity index (χ3n) is 3.82. The first-order chi connectivity index (χ1) is 13.8. The Morgan fingerprint density at radius 1 is 1.21 bits per heavy atom. The second kappa shape index (κ2) is 8.53. The minimum atomic E-state index is -1.38. The standard InChI is InChI=1S/C19H14ClN3O6/c1-11-9-16(22-29-11)21-18(24)17(12-5-3-2-4-6-12)28-19(25)14-8-7-13(20)10-15(14)23(26)27/h2-10,17H,1H3,(H,21,22,24). The van der Waals surface area contributed by atoms with Crippen molar-refractivity contribution in [2.24, 2.45) is 0 Å². The van der Waals surface area contributed by atoms with E-state index in [0.29, 0.717) is 11.3 Å². The lowest BCUT2D eigenvalue weighted by atomic mass is 10.1. The molecule has 148 valence electrons. The number of ether oxygens (including phenoxy) is 1. The maximum absolute atomic E-state index is 12.7. The Labute approximate surface area is 169 Å². The van der Waals surface area contributed by atoms with Gasteiger partial charge in [0.2, 0.25) is 6.10 Å². The first-order valence-corrected chi connectivity index (χ1v) is 8.67. The SMILES string of the molecule is Cc1cc(NC(=O)C(OC(=O)c2ccc(Cl)cc2[N+](=O)[O-])c2ccccc2)no1. The molecule has 9 nitrogen and oxygen atoms in total. The van der Waals surface area contributed by atoms with Crippen molar-refractivity contribution in [2.45, 2.75) is 13.0 Å². The van der Waals surface area contributed by atoms with Gasteiger partial charge >= 0.3 is 5.97 Å². The molecule has 1 heterocycles. The van der Waals surface area contributed by atoms with Gasteiger partial charge in [-0.05, 0) is 19.1 Å². The summed E-state index contributed by atoms with van der Waals surface area (Å²) in [6, 6.07) is 13.2. The smallest absolute Gasteiger partial charge is 0.346 e. The summed E-state index contributed by atoms with van der Waals surface area (Å²) >= 11 is 5.77. The number of nitro groups is 1. The molecule has 2 aromatic carbocycles. The molecule has 0 spiro atoms. The number of anilines is 1. The first-order valence-electron chi connectivity index (χ1n) is 8.29. The largest absolute Gasteiger partial charge is 0.443 e. The number of amides is 1. The minimum absolute atomic E-state index is 0.0898. The average Bonchev–Trinajstić information content (AvgIpc) is 3.10. The maximum Gasteiger partial charge on any atom is 0.346 e. The Bertz CT molecular complexity index is 1070. The summed E-state index contributed by atoms with van der Waals surface area (Å²) < 4.78 is 10.2. The van der Waals surface area contributed by atoms with E-state index in [1.54, 1.807) is 37.3 Å². The maximum atomic E-state index is 12.7. The number of hydrogen-bond donors (Lipinski definition) is 1. The van der Waals surface area contributed by atoms with E-state index in [4.69, 9.17) is 20.9 Å². The van der Waals surface area contributed by atoms with Crippen LogP contribution in [0, 0.1) is 17.0 Å². The predicted molar refractivity (Wildman–Crippen MR) is 103 cm³/mol. The zero-order chi connectivity index (χ0) is 21.0. The van der Waals surface area contributed by atoms with Crippen LogP contribution in [-0.2, 0) is 9.53 Å². The van der Waals surface area contributed by atoms with Gasteiger partial charge in [0.1, 0.15) is 11.3 Å². The van der Waals surface area contributed by atoms with Crippen LogP contribution in [0.5, 0.6) is 0 Å². The number of carbonyl (C=O) groups is 2. The molecule has 0 saturated heterocycles. The molecule has 0 aliphatic heterocycles. The molecule has 1 aromatic heterocycles. The van der Waals surface area contributed by atoms with Crippen molar-refractivity contribution in [3.05, 3.63) is 86.6 Å². The highest BCUT2D eigenvalue weighted by atomic mass is 35.5. The van der Waals surface area contributed by atoms with Crippen molar-refractivity contribution in [1.82, 2.24) is 5.16 Å². The number of rotatable bonds is 6. The van der Waals surface area contributed by atoms with Crippen molar-refractivity contribution in [3.63, 3.8) is 0 Å². The van der Waals surface area contributed by atoms with E-state index in [1.165, 1.54) is 18.2 Å². The lowest BCUT2D eigenvalue weighted by Gasteiger charge is -2.17. The zero-order valence-electron chi connectivity index (χ0n) is 15.0. The number of aryl methyl sites for hydroxylation is 1. The molecular formula is C19H14ClN3O6. The molecule has 0 saturated carbocycles. The molecule has 1 atom stereocenters. The third kappa shape index (κ3) is 4.77. The number of aromatic nitrogens is 1. The molecule has 10 heteroatoms. The van der Waals surface area contributed by atoms with Crippen LogP contribution >= 0.6 is 11.6 Å². The third-order valence-corrected chi connectivity index (χ3v) is 4.06. The number of nitro benzene ring substituents is 1. The summed E-state index contributed by atoms with van der Waals surface area (Å²) in [6.45, 7) is 1.65. The molecule has 29 heavy (non-hydrogen) atoms. The highest BCUT2D eigenvalue weighted by molar-refractivity contribution is 6.31. The van der Waals surface area contributed by atoms with Gasteiger partial charge in [-0.1, -0.05) is 47.1 Å². The second-order valence-corrected chi connectivity index (χ2v) is 6.36. The van der Waals surface area contributed by atoms with E-state index < -0.39 is 28.6 Å². The molecule has 1 unspecified atom stereocenters. The molecule has 0 bridgehead atoms. The lowest BCUT2D eigenvalue weighted by molar-refractivity contribution is -0.385. The van der Waals surface area contributed by atoms with Crippen molar-refractivity contribution in [1.29, 1.82) is 0 Å². The summed E-state index contributed by atoms with van der Waals surface area (Å²) in [7, 11) is 0. The number of nitrogens with zero attached hydrogens (tertiary/aromatic N) is 2. The Hall–Kier alpha value is -3.72. The number of hydrogen-bond acceptors (Lipinski definition) is 7. The number of nitrogens with one attached hydrogen (secondary N) is 1. The summed E-state index contributed by atoms with van der Waals surface area (Å²) in [5.74, 6) is -1.13. The summed E-state index contributed by atoms with van der Waals surface area (Å²) in [5.41, 5.74) is -0.484. The fourth-order valence-electron chi connectivity index (χ4n) is 2.52. The fraction of sp³-hybridized carbons (Fsp3) is 0.105. The summed E-state index contributed by atoms with van der Waals surface area (Å²) in [5, 5.41) is 17.5. The van der Waals surface area contributed by atoms with Gasteiger partial charge in [0.25, 0.3) is 11.6 Å². The van der Waals surface area contributed by atoms with Crippen molar-refractivity contribution in [2.75, 3.05) is 5.32 Å². The van der Waals surface area contributed by atoms with Crippen LogP contribution in [-0.4, -0.2) is 22.0 Å². The van der Waals surface area contributed by atoms with E-state index in [0.717, 1.165) is 6.07 Å². The molecule has 0 fully saturated rings. The van der Waals surface area contributed by atoms with Gasteiger partial charge in [0.05, 0.1) is 4.92 Å². The normalized spacial score (nSPS) is 11.5. The van der Waals surface area contributed by atoms with Crippen LogP contribution in [0.25, 0.3) is 0 Å². The topological polar surface area (TPSA) is 125 Å². The van der Waals surface area contributed by atoms with Crippen LogP contribution in [0.4, 0.5) is 11.5 Å². The summed E-state index contributed by atoms with van der Waals surface area (Å²) in [6.07, 6.45) is -1.38. The van der Waals surface area contributed by atoms with E-state index >= 15 is 0 Å². The van der Waals surface area contributed by atoms with E-state index in [-0.39, 0.29) is 16.4 Å². The van der Waals surface area contributed by atoms with Gasteiger partial charge in [-0.25, -0.2) is 4.79 Å². The minimum Gasteiger partial charge on any atom is -0.443 e. The molecule has 0 aliphatic carbocycles. The number of benzene rings is 2. The second-order valence-electron chi connectivity index (χ2n) is 5.93. The first kappa shape index (κ1) is 20.0. The Kier molecular flexibility index (Phi) is 5.89. The number of carbonyl (C=O) groups excluding carboxylic acids is 2. The average molecular weight is 416 g/mol. The van der Waals surface area contributed by atoms with Crippen LogP contribution < -0.4 is 5.32 Å². The molecule has 0 aliphatic rings. The monoisotopic (exact) mass is 415 g/mol. The molecule has 1 amide bonds. The van der Waals surface area contributed by atoms with Crippen molar-refractivity contribution >= 4 is 35.0 Å². The predicted octanol–water partition coefficient (Wildman–Crippen LogP) is 4.08. The number of halogens is 1. The Balaban J connectivity index is 1.90. The molecule has 1 N–H and O–H groups in total.